The Morgan fingerprint density at radius 1 is 0.805 bits per heavy atom. The highest BCUT2D eigenvalue weighted by Gasteiger charge is 2.16. The number of aryl methyl sites for hydroxylation is 1. The standard InChI is InChI=1S/C30H26FN5O4S/c1-18-11-12-19(31)13-25(18)30(37)33-20-7-6-8-24(16-20)41(38)36-29-28(34-26-9-4-5-10-27(26)35-29)32-21-14-22(39-2)17-23(15-21)40-3/h4-17H,1-3H3,(H,32,34)(H,33,37)(H,35,36). The van der Waals surface area contributed by atoms with Crippen LogP contribution in [0.5, 0.6) is 11.5 Å². The van der Waals surface area contributed by atoms with Gasteiger partial charge in [-0.15, -0.1) is 0 Å². The summed E-state index contributed by atoms with van der Waals surface area (Å²) in [4.78, 5) is 22.5. The number of aromatic nitrogens is 2. The second-order valence-electron chi connectivity index (χ2n) is 8.95. The summed E-state index contributed by atoms with van der Waals surface area (Å²) in [5, 5.41) is 5.96. The van der Waals surface area contributed by atoms with E-state index in [9.17, 15) is 13.4 Å². The number of fused-ring (bicyclic) bond motifs is 1. The van der Waals surface area contributed by atoms with E-state index in [1.165, 1.54) is 18.2 Å². The number of amides is 1. The maximum Gasteiger partial charge on any atom is 0.256 e. The summed E-state index contributed by atoms with van der Waals surface area (Å²) in [7, 11) is 1.32. The highest BCUT2D eigenvalue weighted by atomic mass is 32.2. The van der Waals surface area contributed by atoms with E-state index in [1.807, 2.05) is 18.2 Å². The summed E-state index contributed by atoms with van der Waals surface area (Å²) in [6.45, 7) is 1.72. The molecule has 1 amide bonds. The minimum Gasteiger partial charge on any atom is -0.497 e. The summed E-state index contributed by atoms with van der Waals surface area (Å²) in [6.07, 6.45) is 0. The Morgan fingerprint density at radius 2 is 1.49 bits per heavy atom. The zero-order valence-electron chi connectivity index (χ0n) is 22.4. The first-order valence-electron chi connectivity index (χ1n) is 12.5. The Labute approximate surface area is 238 Å². The van der Waals surface area contributed by atoms with Crippen LogP contribution in [0.2, 0.25) is 0 Å². The van der Waals surface area contributed by atoms with Crippen molar-refractivity contribution in [3.63, 3.8) is 0 Å². The lowest BCUT2D eigenvalue weighted by Gasteiger charge is -2.15. The topological polar surface area (TPSA) is 114 Å². The largest absolute Gasteiger partial charge is 0.497 e. The predicted octanol–water partition coefficient (Wildman–Crippen LogP) is 6.23. The van der Waals surface area contributed by atoms with Crippen LogP contribution in [0.25, 0.3) is 11.0 Å². The average molecular weight is 572 g/mol. The SMILES string of the molecule is COc1cc(Nc2nc3ccccc3nc2NS(=O)c2cccc(NC(=O)c3cc(F)ccc3C)c2)cc(OC)c1. The number of halogens is 1. The number of nitrogens with zero attached hydrogens (tertiary/aromatic N) is 2. The maximum atomic E-state index is 13.7. The van der Waals surface area contributed by atoms with Crippen molar-refractivity contribution < 1.29 is 22.9 Å². The van der Waals surface area contributed by atoms with Crippen molar-refractivity contribution in [3.05, 3.63) is 102 Å². The monoisotopic (exact) mass is 571 g/mol. The second kappa shape index (κ2) is 12.0. The van der Waals surface area contributed by atoms with Crippen LogP contribution in [0.3, 0.4) is 0 Å². The van der Waals surface area contributed by atoms with E-state index in [0.29, 0.717) is 50.2 Å². The number of nitrogens with one attached hydrogen (secondary N) is 3. The summed E-state index contributed by atoms with van der Waals surface area (Å²) in [5.41, 5.74) is 3.11. The molecule has 0 saturated heterocycles. The average Bonchev–Trinajstić information content (AvgIpc) is 2.98. The Bertz CT molecular complexity index is 1760. The highest BCUT2D eigenvalue weighted by Crippen LogP contribution is 2.31. The van der Waals surface area contributed by atoms with Crippen LogP contribution in [0.15, 0.2) is 89.8 Å². The van der Waals surface area contributed by atoms with Gasteiger partial charge in [0.05, 0.1) is 30.1 Å². The normalized spacial score (nSPS) is 11.5. The number of carbonyl (C=O) groups is 1. The predicted molar refractivity (Wildman–Crippen MR) is 158 cm³/mol. The molecule has 1 heterocycles. The summed E-state index contributed by atoms with van der Waals surface area (Å²) in [5.74, 6) is 0.746. The number of para-hydroxylation sites is 2. The first kappa shape index (κ1) is 27.5. The third-order valence-corrected chi connectivity index (χ3v) is 7.19. The fraction of sp³-hybridized carbons (Fsp3) is 0.100. The Hall–Kier alpha value is -5.03. The molecule has 9 nitrogen and oxygen atoms in total. The fourth-order valence-electron chi connectivity index (χ4n) is 4.05. The molecule has 11 heteroatoms. The van der Waals surface area contributed by atoms with E-state index in [2.05, 4.69) is 20.3 Å². The molecule has 0 aliphatic heterocycles. The zero-order chi connectivity index (χ0) is 28.9. The molecule has 0 saturated carbocycles. The van der Waals surface area contributed by atoms with Gasteiger partial charge in [-0.05, 0) is 55.0 Å². The van der Waals surface area contributed by atoms with Crippen LogP contribution in [0.4, 0.5) is 27.4 Å². The van der Waals surface area contributed by atoms with Gasteiger partial charge in [0.25, 0.3) is 5.91 Å². The van der Waals surface area contributed by atoms with Gasteiger partial charge in [0.15, 0.2) is 22.6 Å². The van der Waals surface area contributed by atoms with Crippen LogP contribution in [-0.4, -0.2) is 34.3 Å². The first-order valence-corrected chi connectivity index (χ1v) is 13.6. The van der Waals surface area contributed by atoms with Gasteiger partial charge in [0.2, 0.25) is 0 Å². The van der Waals surface area contributed by atoms with Crippen molar-refractivity contribution in [3.8, 4) is 11.5 Å². The number of carbonyl (C=O) groups excluding carboxylic acids is 1. The Kier molecular flexibility index (Phi) is 8.06. The minimum atomic E-state index is -1.79. The third kappa shape index (κ3) is 6.42. The van der Waals surface area contributed by atoms with Gasteiger partial charge in [-0.3, -0.25) is 9.52 Å². The second-order valence-corrected chi connectivity index (χ2v) is 10.2. The van der Waals surface area contributed by atoms with Gasteiger partial charge < -0.3 is 20.1 Å². The van der Waals surface area contributed by atoms with E-state index in [1.54, 1.807) is 69.7 Å². The molecule has 0 radical (unpaired) electrons. The minimum absolute atomic E-state index is 0.214. The molecule has 0 spiro atoms. The van der Waals surface area contributed by atoms with Crippen LogP contribution in [0, 0.1) is 12.7 Å². The number of benzene rings is 4. The smallest absolute Gasteiger partial charge is 0.256 e. The molecular formula is C30H26FN5O4S. The van der Waals surface area contributed by atoms with E-state index >= 15 is 0 Å². The molecule has 5 rings (SSSR count). The highest BCUT2D eigenvalue weighted by molar-refractivity contribution is 7.86. The van der Waals surface area contributed by atoms with Crippen molar-refractivity contribution >= 4 is 50.9 Å². The van der Waals surface area contributed by atoms with Crippen LogP contribution in [0.1, 0.15) is 15.9 Å². The Balaban J connectivity index is 1.43. The Morgan fingerprint density at radius 3 is 2.17 bits per heavy atom. The van der Waals surface area contributed by atoms with E-state index in [4.69, 9.17) is 14.5 Å². The molecule has 208 valence electrons. The van der Waals surface area contributed by atoms with Crippen molar-refractivity contribution in [1.82, 2.24) is 9.97 Å². The molecular weight excluding hydrogens is 545 g/mol. The number of anilines is 4. The van der Waals surface area contributed by atoms with E-state index in [-0.39, 0.29) is 11.4 Å². The van der Waals surface area contributed by atoms with E-state index in [0.717, 1.165) is 0 Å². The lowest BCUT2D eigenvalue weighted by atomic mass is 10.1. The van der Waals surface area contributed by atoms with Crippen LogP contribution >= 0.6 is 0 Å². The van der Waals surface area contributed by atoms with Crippen molar-refractivity contribution in [2.24, 2.45) is 0 Å². The molecule has 5 aromatic rings. The summed E-state index contributed by atoms with van der Waals surface area (Å²) < 4.78 is 40.8. The van der Waals surface area contributed by atoms with Gasteiger partial charge in [-0.25, -0.2) is 18.6 Å². The molecule has 0 bridgehead atoms. The maximum absolute atomic E-state index is 13.7. The van der Waals surface area contributed by atoms with Crippen molar-refractivity contribution in [1.29, 1.82) is 0 Å². The molecule has 1 aromatic heterocycles. The number of rotatable bonds is 9. The van der Waals surface area contributed by atoms with E-state index < -0.39 is 22.7 Å². The molecule has 0 aliphatic rings. The lowest BCUT2D eigenvalue weighted by molar-refractivity contribution is 0.102. The van der Waals surface area contributed by atoms with Gasteiger partial charge in [-0.1, -0.05) is 24.3 Å². The number of ether oxygens (including phenoxy) is 2. The molecule has 41 heavy (non-hydrogen) atoms. The molecule has 1 atom stereocenters. The zero-order valence-corrected chi connectivity index (χ0v) is 23.2. The fourth-order valence-corrected chi connectivity index (χ4v) is 4.92. The number of hydrogen-bond donors (Lipinski definition) is 3. The molecule has 3 N–H and O–H groups in total. The summed E-state index contributed by atoms with van der Waals surface area (Å²) in [6, 6.07) is 23.2. The van der Waals surface area contributed by atoms with Crippen molar-refractivity contribution in [2.75, 3.05) is 29.6 Å². The number of hydrogen-bond acceptors (Lipinski definition) is 7. The number of methoxy groups -OCH3 is 2. The summed E-state index contributed by atoms with van der Waals surface area (Å²) >= 11 is 0. The van der Waals surface area contributed by atoms with Crippen molar-refractivity contribution in [2.45, 2.75) is 11.8 Å². The third-order valence-electron chi connectivity index (χ3n) is 6.12. The first-order chi connectivity index (χ1) is 19.8. The van der Waals surface area contributed by atoms with Gasteiger partial charge in [0, 0.05) is 35.1 Å². The molecule has 4 aromatic carbocycles. The lowest BCUT2D eigenvalue weighted by Crippen LogP contribution is -2.14. The molecule has 0 fully saturated rings. The van der Waals surface area contributed by atoms with Gasteiger partial charge in [0.1, 0.15) is 17.3 Å². The van der Waals surface area contributed by atoms with Crippen LogP contribution in [-0.2, 0) is 11.0 Å². The molecule has 0 aliphatic carbocycles. The quantitative estimate of drug-likeness (QED) is 0.192. The van der Waals surface area contributed by atoms with Gasteiger partial charge in [-0.2, -0.15) is 0 Å². The molecule has 1 unspecified atom stereocenters. The van der Waals surface area contributed by atoms with Gasteiger partial charge >= 0.3 is 0 Å². The van der Waals surface area contributed by atoms with Crippen LogP contribution < -0.4 is 24.8 Å².